The minimum Gasteiger partial charge on any atom is -0.481 e. The summed E-state index contributed by atoms with van der Waals surface area (Å²) in [5.74, 6) is -4.57. The Morgan fingerprint density at radius 3 is 1.79 bits per heavy atom. The van der Waals surface area contributed by atoms with Crippen LogP contribution in [0, 0.1) is 0 Å². The summed E-state index contributed by atoms with van der Waals surface area (Å²) >= 11 is 0. The molecule has 0 aliphatic carbocycles. The van der Waals surface area contributed by atoms with Gasteiger partial charge in [0.05, 0.1) is 6.04 Å². The number of hydrogen-bond acceptors (Lipinski definition) is 8. The van der Waals surface area contributed by atoms with E-state index in [4.69, 9.17) is 22.3 Å². The number of amides is 3. The molecule has 0 saturated heterocycles. The quantitative estimate of drug-likeness (QED) is 0.102. The predicted octanol–water partition coefficient (Wildman–Crippen LogP) is -2.00. The molecule has 0 saturated carbocycles. The number of nitrogens with one attached hydrogen (secondary N) is 3. The van der Waals surface area contributed by atoms with Crippen LogP contribution < -0.4 is 33.2 Å². The molecule has 0 aromatic rings. The molecule has 0 fully saturated rings. The Balaban J connectivity index is 5.06. The molecule has 13 nitrogen and oxygen atoms in total. The lowest BCUT2D eigenvalue weighted by Gasteiger charge is -2.23. The summed E-state index contributed by atoms with van der Waals surface area (Å²) in [4.78, 5) is 59.7. The summed E-state index contributed by atoms with van der Waals surface area (Å²) in [6.07, 6.45) is 2.23. The van der Waals surface area contributed by atoms with Crippen molar-refractivity contribution in [3.8, 4) is 0 Å². The van der Waals surface area contributed by atoms with Gasteiger partial charge in [-0.2, -0.15) is 0 Å². The van der Waals surface area contributed by atoms with Gasteiger partial charge in [-0.1, -0.05) is 6.42 Å². The fourth-order valence-corrected chi connectivity index (χ4v) is 2.88. The molecular formula is C20H38N6O7. The lowest BCUT2D eigenvalue weighted by atomic mass is 10.1. The van der Waals surface area contributed by atoms with Crippen LogP contribution in [0.2, 0.25) is 0 Å². The molecule has 33 heavy (non-hydrogen) atoms. The molecule has 190 valence electrons. The van der Waals surface area contributed by atoms with Crippen molar-refractivity contribution in [3.63, 3.8) is 0 Å². The molecule has 4 unspecified atom stereocenters. The van der Waals surface area contributed by atoms with Crippen LogP contribution in [0.25, 0.3) is 0 Å². The van der Waals surface area contributed by atoms with E-state index in [1.54, 1.807) is 0 Å². The molecule has 13 heteroatoms. The predicted molar refractivity (Wildman–Crippen MR) is 120 cm³/mol. The van der Waals surface area contributed by atoms with Gasteiger partial charge in [-0.25, -0.2) is 4.79 Å². The van der Waals surface area contributed by atoms with Crippen molar-refractivity contribution in [2.75, 3.05) is 13.1 Å². The highest BCUT2D eigenvalue weighted by molar-refractivity contribution is 5.94. The summed E-state index contributed by atoms with van der Waals surface area (Å²) in [5, 5.41) is 25.4. The molecule has 11 N–H and O–H groups in total. The molecule has 0 heterocycles. The molecule has 0 aliphatic rings. The first kappa shape index (κ1) is 30.2. The topological polar surface area (TPSA) is 240 Å². The van der Waals surface area contributed by atoms with E-state index in [-0.39, 0.29) is 12.8 Å². The highest BCUT2D eigenvalue weighted by atomic mass is 16.4. The monoisotopic (exact) mass is 474 g/mol. The van der Waals surface area contributed by atoms with Gasteiger partial charge in [-0.05, 0) is 58.5 Å². The average molecular weight is 475 g/mol. The largest absolute Gasteiger partial charge is 0.481 e. The number of hydrogen-bond donors (Lipinski definition) is 8. The summed E-state index contributed by atoms with van der Waals surface area (Å²) in [6.45, 7) is 2.24. The van der Waals surface area contributed by atoms with E-state index in [1.807, 2.05) is 0 Å². The van der Waals surface area contributed by atoms with Crippen LogP contribution in [0.15, 0.2) is 0 Å². The number of aliphatic carboxylic acids is 2. The fourth-order valence-electron chi connectivity index (χ4n) is 2.88. The van der Waals surface area contributed by atoms with Gasteiger partial charge in [0.1, 0.15) is 18.1 Å². The number of carbonyl (C=O) groups is 5. The van der Waals surface area contributed by atoms with Crippen LogP contribution in [0.1, 0.15) is 58.3 Å². The van der Waals surface area contributed by atoms with E-state index in [0.29, 0.717) is 45.2 Å². The van der Waals surface area contributed by atoms with Gasteiger partial charge < -0.3 is 43.4 Å². The van der Waals surface area contributed by atoms with E-state index in [1.165, 1.54) is 6.92 Å². The number of rotatable bonds is 18. The van der Waals surface area contributed by atoms with Crippen molar-refractivity contribution >= 4 is 29.7 Å². The molecule has 0 radical (unpaired) electrons. The number of nitrogens with two attached hydrogens (primary N) is 3. The molecule has 0 spiro atoms. The van der Waals surface area contributed by atoms with E-state index in [2.05, 4.69) is 16.0 Å². The van der Waals surface area contributed by atoms with Crippen LogP contribution in [-0.4, -0.2) is 77.1 Å². The summed E-state index contributed by atoms with van der Waals surface area (Å²) in [5.41, 5.74) is 16.6. The Bertz CT molecular complexity index is 661. The maximum absolute atomic E-state index is 12.6. The number of carboxylic acids is 2. The third kappa shape index (κ3) is 13.4. The van der Waals surface area contributed by atoms with E-state index in [9.17, 15) is 29.1 Å². The lowest BCUT2D eigenvalue weighted by Crippen LogP contribution is -2.56. The van der Waals surface area contributed by atoms with Crippen LogP contribution in [0.5, 0.6) is 0 Å². The molecule has 0 bridgehead atoms. The SMILES string of the molecule is CC(NC(=O)C(N)CCCCN)C(=O)NC(CCC(=O)O)C(=O)NC(CCCCN)C(=O)O. The first-order valence-corrected chi connectivity index (χ1v) is 11.0. The van der Waals surface area contributed by atoms with Gasteiger partial charge in [-0.15, -0.1) is 0 Å². The minimum absolute atomic E-state index is 0.131. The van der Waals surface area contributed by atoms with Gasteiger partial charge in [0.25, 0.3) is 0 Å². The maximum atomic E-state index is 12.6. The van der Waals surface area contributed by atoms with Crippen molar-refractivity contribution in [2.24, 2.45) is 17.2 Å². The smallest absolute Gasteiger partial charge is 0.326 e. The third-order valence-corrected chi connectivity index (χ3v) is 4.90. The second kappa shape index (κ2) is 16.8. The Kier molecular flexibility index (Phi) is 15.4. The first-order chi connectivity index (χ1) is 15.5. The van der Waals surface area contributed by atoms with Crippen molar-refractivity contribution in [1.29, 1.82) is 0 Å². The fraction of sp³-hybridized carbons (Fsp3) is 0.750. The lowest BCUT2D eigenvalue weighted by molar-refractivity contribution is -0.143. The summed E-state index contributed by atoms with van der Waals surface area (Å²) in [6, 6.07) is -4.40. The number of carboxylic acid groups (broad SMARTS) is 2. The highest BCUT2D eigenvalue weighted by Crippen LogP contribution is 2.05. The summed E-state index contributed by atoms with van der Waals surface area (Å²) in [7, 11) is 0. The Morgan fingerprint density at radius 2 is 1.27 bits per heavy atom. The van der Waals surface area contributed by atoms with E-state index in [0.717, 1.165) is 0 Å². The van der Waals surface area contributed by atoms with Gasteiger partial charge in [0.15, 0.2) is 0 Å². The van der Waals surface area contributed by atoms with Crippen LogP contribution in [0.3, 0.4) is 0 Å². The molecule has 0 rings (SSSR count). The third-order valence-electron chi connectivity index (χ3n) is 4.90. The molecule has 3 amide bonds. The zero-order chi connectivity index (χ0) is 25.4. The van der Waals surface area contributed by atoms with Crippen molar-refractivity contribution < 1.29 is 34.2 Å². The van der Waals surface area contributed by atoms with Gasteiger partial charge in [0, 0.05) is 6.42 Å². The number of carbonyl (C=O) groups excluding carboxylic acids is 3. The maximum Gasteiger partial charge on any atom is 0.326 e. The molecule has 0 aliphatic heterocycles. The van der Waals surface area contributed by atoms with Crippen LogP contribution in [0.4, 0.5) is 0 Å². The zero-order valence-electron chi connectivity index (χ0n) is 19.0. The van der Waals surface area contributed by atoms with Crippen molar-refractivity contribution in [1.82, 2.24) is 16.0 Å². The van der Waals surface area contributed by atoms with Crippen LogP contribution >= 0.6 is 0 Å². The zero-order valence-corrected chi connectivity index (χ0v) is 19.0. The van der Waals surface area contributed by atoms with E-state index < -0.39 is 60.2 Å². The normalized spacial score (nSPS) is 14.4. The number of unbranched alkanes of at least 4 members (excludes halogenated alkanes) is 2. The van der Waals surface area contributed by atoms with Gasteiger partial charge in [0.2, 0.25) is 17.7 Å². The second-order valence-electron chi connectivity index (χ2n) is 7.80. The first-order valence-electron chi connectivity index (χ1n) is 11.0. The van der Waals surface area contributed by atoms with Crippen LogP contribution in [-0.2, 0) is 24.0 Å². The van der Waals surface area contributed by atoms with Gasteiger partial charge in [-0.3, -0.25) is 19.2 Å². The molecular weight excluding hydrogens is 436 g/mol. The minimum atomic E-state index is -1.30. The van der Waals surface area contributed by atoms with Crippen molar-refractivity contribution in [2.45, 2.75) is 82.5 Å². The highest BCUT2D eigenvalue weighted by Gasteiger charge is 2.29. The Morgan fingerprint density at radius 1 is 0.727 bits per heavy atom. The standard InChI is InChI=1S/C20H38N6O7/c1-12(24-18(30)13(23)6-2-4-10-21)17(29)25-14(8-9-16(27)28)19(31)26-15(20(32)33)7-3-5-11-22/h12-15H,2-11,21-23H2,1H3,(H,24,30)(H,25,29)(H,26,31)(H,27,28)(H,32,33). The molecule has 0 aromatic carbocycles. The molecule has 4 atom stereocenters. The van der Waals surface area contributed by atoms with Gasteiger partial charge >= 0.3 is 11.9 Å². The average Bonchev–Trinajstić information content (AvgIpc) is 2.75. The Labute approximate surface area is 193 Å². The Hall–Kier alpha value is -2.77. The van der Waals surface area contributed by atoms with E-state index >= 15 is 0 Å². The molecule has 0 aromatic heterocycles. The second-order valence-corrected chi connectivity index (χ2v) is 7.80. The summed E-state index contributed by atoms with van der Waals surface area (Å²) < 4.78 is 0. The van der Waals surface area contributed by atoms with Crippen molar-refractivity contribution in [3.05, 3.63) is 0 Å².